The number of halogens is 1. The van der Waals surface area contributed by atoms with Gasteiger partial charge in [0.2, 0.25) is 0 Å². The standard InChI is InChI=1S/C15H12BrN3O5S/c16-11-5-6-12-13(7-11)25(23,24)19(15(21)17-12)8-9-1-3-10(4-2-9)14(20)18-22/h1-7,22H,8H2,(H,17,21)(H,18,20). The molecule has 0 unspecified atom stereocenters. The van der Waals surface area contributed by atoms with Crippen LogP contribution in [0.25, 0.3) is 0 Å². The Balaban J connectivity index is 1.92. The van der Waals surface area contributed by atoms with Gasteiger partial charge < -0.3 is 5.32 Å². The van der Waals surface area contributed by atoms with E-state index in [2.05, 4.69) is 21.2 Å². The molecular weight excluding hydrogens is 414 g/mol. The second-order valence-electron chi connectivity index (χ2n) is 5.22. The minimum atomic E-state index is -4.01. The van der Waals surface area contributed by atoms with Crippen molar-refractivity contribution in [2.24, 2.45) is 0 Å². The van der Waals surface area contributed by atoms with Crippen molar-refractivity contribution in [2.45, 2.75) is 11.4 Å². The lowest BCUT2D eigenvalue weighted by molar-refractivity contribution is 0.0706. The first-order valence-corrected chi connectivity index (χ1v) is 9.23. The molecule has 0 bridgehead atoms. The quantitative estimate of drug-likeness (QED) is 0.515. The van der Waals surface area contributed by atoms with E-state index in [0.29, 0.717) is 10.0 Å². The number of carbonyl (C=O) groups is 2. The lowest BCUT2D eigenvalue weighted by Crippen LogP contribution is -2.43. The zero-order valence-corrected chi connectivity index (χ0v) is 15.0. The molecular formula is C15H12BrN3O5S. The fraction of sp³-hybridized carbons (Fsp3) is 0.0667. The third-order valence-corrected chi connectivity index (χ3v) is 5.89. The highest BCUT2D eigenvalue weighted by atomic mass is 79.9. The van der Waals surface area contributed by atoms with Crippen molar-refractivity contribution in [3.63, 3.8) is 0 Å². The van der Waals surface area contributed by atoms with Gasteiger partial charge in [0.15, 0.2) is 0 Å². The summed E-state index contributed by atoms with van der Waals surface area (Å²) in [7, 11) is -4.01. The maximum absolute atomic E-state index is 12.7. The van der Waals surface area contributed by atoms with Crippen LogP contribution in [0.4, 0.5) is 10.5 Å². The predicted octanol–water partition coefficient (Wildman–Crippen LogP) is 2.30. The molecule has 130 valence electrons. The van der Waals surface area contributed by atoms with Crippen LogP contribution < -0.4 is 10.8 Å². The number of hydrogen-bond donors (Lipinski definition) is 3. The molecule has 3 rings (SSSR count). The third kappa shape index (κ3) is 3.23. The average Bonchev–Trinajstić information content (AvgIpc) is 2.59. The van der Waals surface area contributed by atoms with Crippen molar-refractivity contribution in [2.75, 3.05) is 5.32 Å². The summed E-state index contributed by atoms with van der Waals surface area (Å²) in [6, 6.07) is 9.65. The molecule has 25 heavy (non-hydrogen) atoms. The van der Waals surface area contributed by atoms with Gasteiger partial charge >= 0.3 is 6.03 Å². The van der Waals surface area contributed by atoms with Crippen LogP contribution in [0.3, 0.4) is 0 Å². The molecule has 1 aliphatic rings. The van der Waals surface area contributed by atoms with Crippen LogP contribution in [-0.4, -0.2) is 29.9 Å². The zero-order chi connectivity index (χ0) is 18.2. The van der Waals surface area contributed by atoms with Crippen molar-refractivity contribution in [3.8, 4) is 0 Å². The summed E-state index contributed by atoms with van der Waals surface area (Å²) in [6.45, 7) is -0.193. The first-order chi connectivity index (χ1) is 11.8. The van der Waals surface area contributed by atoms with Crippen molar-refractivity contribution in [3.05, 3.63) is 58.1 Å². The Morgan fingerprint density at radius 1 is 1.20 bits per heavy atom. The molecule has 0 spiro atoms. The molecule has 2 aromatic rings. The highest BCUT2D eigenvalue weighted by Gasteiger charge is 2.36. The normalized spacial score (nSPS) is 15.3. The topological polar surface area (TPSA) is 116 Å². The molecule has 10 heteroatoms. The second kappa shape index (κ2) is 6.47. The Morgan fingerprint density at radius 2 is 1.88 bits per heavy atom. The van der Waals surface area contributed by atoms with Gasteiger partial charge in [-0.2, -0.15) is 0 Å². The number of nitrogens with zero attached hydrogens (tertiary/aromatic N) is 1. The Morgan fingerprint density at radius 3 is 2.52 bits per heavy atom. The predicted molar refractivity (Wildman–Crippen MR) is 91.6 cm³/mol. The fourth-order valence-corrected chi connectivity index (χ4v) is 4.37. The van der Waals surface area contributed by atoms with Crippen LogP contribution in [0.1, 0.15) is 15.9 Å². The molecule has 0 aliphatic carbocycles. The number of benzene rings is 2. The van der Waals surface area contributed by atoms with Gasteiger partial charge in [-0.05, 0) is 35.9 Å². The first kappa shape index (κ1) is 17.4. The van der Waals surface area contributed by atoms with Gasteiger partial charge in [0.1, 0.15) is 4.90 Å². The first-order valence-electron chi connectivity index (χ1n) is 6.99. The molecule has 0 atom stereocenters. The highest BCUT2D eigenvalue weighted by molar-refractivity contribution is 9.10. The zero-order valence-electron chi connectivity index (χ0n) is 12.6. The van der Waals surface area contributed by atoms with E-state index >= 15 is 0 Å². The van der Waals surface area contributed by atoms with Crippen LogP contribution in [0.5, 0.6) is 0 Å². The highest BCUT2D eigenvalue weighted by Crippen LogP contribution is 2.33. The van der Waals surface area contributed by atoms with E-state index < -0.39 is 22.0 Å². The Bertz CT molecular complexity index is 960. The molecule has 0 aromatic heterocycles. The smallest absolute Gasteiger partial charge is 0.306 e. The molecule has 3 N–H and O–H groups in total. The van der Waals surface area contributed by atoms with Gasteiger partial charge in [0.25, 0.3) is 15.9 Å². The van der Waals surface area contributed by atoms with Crippen molar-refractivity contribution < 1.29 is 23.2 Å². The number of hydroxylamine groups is 1. The molecule has 0 radical (unpaired) electrons. The molecule has 3 amide bonds. The van der Waals surface area contributed by atoms with Crippen LogP contribution >= 0.6 is 15.9 Å². The SMILES string of the molecule is O=C(NO)c1ccc(CN2C(=O)Nc3ccc(Br)cc3S2(=O)=O)cc1. The van der Waals surface area contributed by atoms with E-state index in [-0.39, 0.29) is 22.7 Å². The van der Waals surface area contributed by atoms with Gasteiger partial charge in [-0.3, -0.25) is 10.0 Å². The number of fused-ring (bicyclic) bond motifs is 1. The molecule has 2 aromatic carbocycles. The summed E-state index contributed by atoms with van der Waals surface area (Å²) in [5.41, 5.74) is 2.43. The van der Waals surface area contributed by atoms with Gasteiger partial charge in [-0.25, -0.2) is 23.0 Å². The Hall–Kier alpha value is -2.43. The van der Waals surface area contributed by atoms with Crippen LogP contribution in [0.15, 0.2) is 51.8 Å². The fourth-order valence-electron chi connectivity index (χ4n) is 2.37. The van der Waals surface area contributed by atoms with E-state index in [1.165, 1.54) is 41.9 Å². The van der Waals surface area contributed by atoms with Gasteiger partial charge in [-0.1, -0.05) is 28.1 Å². The average molecular weight is 426 g/mol. The molecule has 1 aliphatic heterocycles. The Labute approximate surface area is 151 Å². The summed E-state index contributed by atoms with van der Waals surface area (Å²) in [5, 5.41) is 11.1. The molecule has 1 heterocycles. The summed E-state index contributed by atoms with van der Waals surface area (Å²) < 4.78 is 26.8. The lowest BCUT2D eigenvalue weighted by atomic mass is 10.1. The second-order valence-corrected chi connectivity index (χ2v) is 7.97. The number of urea groups is 1. The molecule has 0 fully saturated rings. The number of anilines is 1. The number of amides is 3. The van der Waals surface area contributed by atoms with Crippen molar-refractivity contribution in [1.29, 1.82) is 0 Å². The maximum atomic E-state index is 12.7. The van der Waals surface area contributed by atoms with Crippen molar-refractivity contribution >= 4 is 43.6 Å². The van der Waals surface area contributed by atoms with Crippen LogP contribution in [0, 0.1) is 0 Å². The Kier molecular flexibility index (Phi) is 4.50. The number of hydrogen-bond acceptors (Lipinski definition) is 5. The van der Waals surface area contributed by atoms with Crippen LogP contribution in [-0.2, 0) is 16.6 Å². The molecule has 0 saturated carbocycles. The van der Waals surface area contributed by atoms with Gasteiger partial charge in [0, 0.05) is 10.0 Å². The minimum Gasteiger partial charge on any atom is -0.306 e. The summed E-state index contributed by atoms with van der Waals surface area (Å²) >= 11 is 3.22. The number of rotatable bonds is 3. The number of sulfonamides is 1. The largest absolute Gasteiger partial charge is 0.336 e. The van der Waals surface area contributed by atoms with Gasteiger partial charge in [0.05, 0.1) is 12.2 Å². The lowest BCUT2D eigenvalue weighted by Gasteiger charge is -2.29. The maximum Gasteiger partial charge on any atom is 0.336 e. The molecule has 0 saturated heterocycles. The summed E-state index contributed by atoms with van der Waals surface area (Å²) in [6.07, 6.45) is 0. The van der Waals surface area contributed by atoms with E-state index in [1.54, 1.807) is 6.07 Å². The third-order valence-electron chi connectivity index (χ3n) is 3.62. The summed E-state index contributed by atoms with van der Waals surface area (Å²) in [5.74, 6) is -0.686. The molecule has 8 nitrogen and oxygen atoms in total. The van der Waals surface area contributed by atoms with E-state index in [0.717, 1.165) is 4.31 Å². The van der Waals surface area contributed by atoms with E-state index in [1.807, 2.05) is 0 Å². The number of carbonyl (C=O) groups excluding carboxylic acids is 2. The van der Waals surface area contributed by atoms with E-state index in [4.69, 9.17) is 5.21 Å². The van der Waals surface area contributed by atoms with Crippen LogP contribution in [0.2, 0.25) is 0 Å². The van der Waals surface area contributed by atoms with Gasteiger partial charge in [-0.15, -0.1) is 0 Å². The van der Waals surface area contributed by atoms with E-state index in [9.17, 15) is 18.0 Å². The van der Waals surface area contributed by atoms with Crippen molar-refractivity contribution in [1.82, 2.24) is 9.79 Å². The minimum absolute atomic E-state index is 0.00208. The summed E-state index contributed by atoms with van der Waals surface area (Å²) in [4.78, 5) is 23.5. The monoisotopic (exact) mass is 425 g/mol. The number of nitrogens with one attached hydrogen (secondary N) is 2.